The average molecular weight is 266 g/mol. The van der Waals surface area contributed by atoms with Crippen molar-refractivity contribution in [3.05, 3.63) is 17.0 Å². The van der Waals surface area contributed by atoms with Crippen LogP contribution in [-0.4, -0.2) is 48.7 Å². The van der Waals surface area contributed by atoms with E-state index in [-0.39, 0.29) is 5.91 Å². The van der Waals surface area contributed by atoms with Gasteiger partial charge in [-0.3, -0.25) is 9.69 Å². The SMILES string of the molecule is Cc1noc(C)c1CNC(=O)CN1CCCNCC1. The van der Waals surface area contributed by atoms with Crippen LogP contribution in [0.15, 0.2) is 4.52 Å². The summed E-state index contributed by atoms with van der Waals surface area (Å²) in [4.78, 5) is 14.1. The van der Waals surface area contributed by atoms with Crippen LogP contribution in [0, 0.1) is 13.8 Å². The third-order valence-corrected chi connectivity index (χ3v) is 3.44. The van der Waals surface area contributed by atoms with Crippen molar-refractivity contribution in [1.29, 1.82) is 0 Å². The van der Waals surface area contributed by atoms with Crippen LogP contribution in [-0.2, 0) is 11.3 Å². The van der Waals surface area contributed by atoms with E-state index in [0.29, 0.717) is 13.1 Å². The highest BCUT2D eigenvalue weighted by Gasteiger charge is 2.14. The summed E-state index contributed by atoms with van der Waals surface area (Å²) in [6.07, 6.45) is 1.09. The Kier molecular flexibility index (Phi) is 4.93. The predicted octanol–water partition coefficient (Wildman–Crippen LogP) is 0.203. The molecule has 0 aliphatic carbocycles. The fourth-order valence-corrected chi connectivity index (χ4v) is 2.26. The summed E-state index contributed by atoms with van der Waals surface area (Å²) in [5, 5.41) is 10.1. The van der Waals surface area contributed by atoms with E-state index < -0.39 is 0 Å². The van der Waals surface area contributed by atoms with Crippen molar-refractivity contribution in [3.63, 3.8) is 0 Å². The summed E-state index contributed by atoms with van der Waals surface area (Å²) in [5.74, 6) is 0.832. The number of hydrogen-bond acceptors (Lipinski definition) is 5. The van der Waals surface area contributed by atoms with E-state index in [0.717, 1.165) is 49.6 Å². The highest BCUT2D eigenvalue weighted by Crippen LogP contribution is 2.11. The number of hydrogen-bond donors (Lipinski definition) is 2. The maximum atomic E-state index is 11.9. The summed E-state index contributed by atoms with van der Waals surface area (Å²) >= 11 is 0. The predicted molar refractivity (Wildman–Crippen MR) is 71.8 cm³/mol. The number of nitrogens with one attached hydrogen (secondary N) is 2. The molecule has 0 atom stereocenters. The molecule has 1 amide bonds. The first-order valence-corrected chi connectivity index (χ1v) is 6.78. The fourth-order valence-electron chi connectivity index (χ4n) is 2.26. The summed E-state index contributed by atoms with van der Waals surface area (Å²) in [5.41, 5.74) is 1.82. The van der Waals surface area contributed by atoms with Gasteiger partial charge in [0.25, 0.3) is 0 Å². The van der Waals surface area contributed by atoms with Crippen LogP contribution in [0.4, 0.5) is 0 Å². The van der Waals surface area contributed by atoms with E-state index in [1.807, 2.05) is 13.8 Å². The Morgan fingerprint density at radius 2 is 2.26 bits per heavy atom. The average Bonchev–Trinajstić information content (AvgIpc) is 2.59. The molecule has 6 heteroatoms. The Labute approximate surface area is 113 Å². The number of aryl methyl sites for hydroxylation is 2. The molecule has 0 aromatic carbocycles. The van der Waals surface area contributed by atoms with Gasteiger partial charge in [0.2, 0.25) is 5.91 Å². The van der Waals surface area contributed by atoms with Gasteiger partial charge in [-0.25, -0.2) is 0 Å². The molecule has 0 unspecified atom stereocenters. The maximum Gasteiger partial charge on any atom is 0.234 e. The van der Waals surface area contributed by atoms with Crippen molar-refractivity contribution < 1.29 is 9.32 Å². The van der Waals surface area contributed by atoms with Gasteiger partial charge >= 0.3 is 0 Å². The number of carbonyl (C=O) groups is 1. The number of carbonyl (C=O) groups excluding carboxylic acids is 1. The number of rotatable bonds is 4. The summed E-state index contributed by atoms with van der Waals surface area (Å²) < 4.78 is 5.07. The van der Waals surface area contributed by atoms with Gasteiger partial charge < -0.3 is 15.2 Å². The van der Waals surface area contributed by atoms with E-state index >= 15 is 0 Å². The third-order valence-electron chi connectivity index (χ3n) is 3.44. The molecule has 0 saturated carbocycles. The largest absolute Gasteiger partial charge is 0.361 e. The van der Waals surface area contributed by atoms with Crippen LogP contribution >= 0.6 is 0 Å². The van der Waals surface area contributed by atoms with Crippen molar-refractivity contribution in [2.45, 2.75) is 26.8 Å². The normalized spacial score (nSPS) is 17.2. The molecule has 2 rings (SSSR count). The first kappa shape index (κ1) is 14.0. The zero-order valence-electron chi connectivity index (χ0n) is 11.7. The van der Waals surface area contributed by atoms with Crippen molar-refractivity contribution in [1.82, 2.24) is 20.7 Å². The second-order valence-corrected chi connectivity index (χ2v) is 4.96. The maximum absolute atomic E-state index is 11.9. The molecule has 6 nitrogen and oxygen atoms in total. The lowest BCUT2D eigenvalue weighted by Gasteiger charge is -2.18. The smallest absolute Gasteiger partial charge is 0.234 e. The van der Waals surface area contributed by atoms with Crippen molar-refractivity contribution in [2.75, 3.05) is 32.7 Å². The van der Waals surface area contributed by atoms with Gasteiger partial charge in [0, 0.05) is 25.2 Å². The van der Waals surface area contributed by atoms with E-state index in [1.165, 1.54) is 0 Å². The van der Waals surface area contributed by atoms with E-state index in [9.17, 15) is 4.79 Å². The quantitative estimate of drug-likeness (QED) is 0.815. The number of nitrogens with zero attached hydrogens (tertiary/aromatic N) is 2. The molecule has 1 aliphatic rings. The highest BCUT2D eigenvalue weighted by molar-refractivity contribution is 5.78. The zero-order chi connectivity index (χ0) is 13.7. The molecule has 1 fully saturated rings. The Balaban J connectivity index is 1.78. The van der Waals surface area contributed by atoms with Gasteiger partial charge in [-0.15, -0.1) is 0 Å². The van der Waals surface area contributed by atoms with Crippen LogP contribution < -0.4 is 10.6 Å². The van der Waals surface area contributed by atoms with Gasteiger partial charge in [-0.05, 0) is 33.4 Å². The molecule has 1 aromatic heterocycles. The molecular formula is C13H22N4O2. The lowest BCUT2D eigenvalue weighted by atomic mass is 10.2. The minimum Gasteiger partial charge on any atom is -0.361 e. The van der Waals surface area contributed by atoms with Crippen LogP contribution in [0.3, 0.4) is 0 Å². The second kappa shape index (κ2) is 6.68. The first-order chi connectivity index (χ1) is 9.16. The lowest BCUT2D eigenvalue weighted by Crippen LogP contribution is -2.38. The molecule has 1 aliphatic heterocycles. The summed E-state index contributed by atoms with van der Waals surface area (Å²) in [6, 6.07) is 0. The molecular weight excluding hydrogens is 244 g/mol. The molecule has 1 aromatic rings. The third kappa shape index (κ3) is 4.04. The van der Waals surface area contributed by atoms with Crippen LogP contribution in [0.25, 0.3) is 0 Å². The van der Waals surface area contributed by atoms with Gasteiger partial charge in [-0.1, -0.05) is 5.16 Å². The molecule has 0 bridgehead atoms. The molecule has 0 radical (unpaired) electrons. The standard InChI is InChI=1S/C13H22N4O2/c1-10-12(11(2)19-16-10)8-15-13(18)9-17-6-3-4-14-5-7-17/h14H,3-9H2,1-2H3,(H,15,18). The molecule has 2 heterocycles. The minimum absolute atomic E-state index is 0.0573. The van der Waals surface area contributed by atoms with E-state index in [1.54, 1.807) is 0 Å². The van der Waals surface area contributed by atoms with Crippen LogP contribution in [0.5, 0.6) is 0 Å². The summed E-state index contributed by atoms with van der Waals surface area (Å²) in [6.45, 7) is 8.61. The van der Waals surface area contributed by atoms with Gasteiger partial charge in [-0.2, -0.15) is 0 Å². The van der Waals surface area contributed by atoms with E-state index in [2.05, 4.69) is 20.7 Å². The molecule has 1 saturated heterocycles. The molecule has 2 N–H and O–H groups in total. The topological polar surface area (TPSA) is 70.4 Å². The highest BCUT2D eigenvalue weighted by atomic mass is 16.5. The van der Waals surface area contributed by atoms with Gasteiger partial charge in [0.05, 0.1) is 12.2 Å². The summed E-state index contributed by atoms with van der Waals surface area (Å²) in [7, 11) is 0. The van der Waals surface area contributed by atoms with Gasteiger partial charge in [0.15, 0.2) is 0 Å². The second-order valence-electron chi connectivity index (χ2n) is 4.96. The van der Waals surface area contributed by atoms with Crippen molar-refractivity contribution >= 4 is 5.91 Å². The first-order valence-electron chi connectivity index (χ1n) is 6.78. The molecule has 19 heavy (non-hydrogen) atoms. The van der Waals surface area contributed by atoms with Crippen LogP contribution in [0.1, 0.15) is 23.4 Å². The minimum atomic E-state index is 0.0573. The number of amides is 1. The Bertz CT molecular complexity index is 403. The Morgan fingerprint density at radius 3 is 3.00 bits per heavy atom. The monoisotopic (exact) mass is 266 g/mol. The van der Waals surface area contributed by atoms with E-state index in [4.69, 9.17) is 4.52 Å². The van der Waals surface area contributed by atoms with Crippen molar-refractivity contribution in [3.8, 4) is 0 Å². The Morgan fingerprint density at radius 1 is 1.42 bits per heavy atom. The zero-order valence-corrected chi connectivity index (χ0v) is 11.7. The molecule has 0 spiro atoms. The van der Waals surface area contributed by atoms with Gasteiger partial charge in [0.1, 0.15) is 5.76 Å². The number of aromatic nitrogens is 1. The fraction of sp³-hybridized carbons (Fsp3) is 0.692. The van der Waals surface area contributed by atoms with Crippen molar-refractivity contribution in [2.24, 2.45) is 0 Å². The lowest BCUT2D eigenvalue weighted by molar-refractivity contribution is -0.122. The van der Waals surface area contributed by atoms with Crippen LogP contribution in [0.2, 0.25) is 0 Å². The molecule has 106 valence electrons. The Hall–Kier alpha value is -1.40.